The third-order valence-electron chi connectivity index (χ3n) is 4.69. The van der Waals surface area contributed by atoms with Crippen LogP contribution >= 0.6 is 0 Å². The molecule has 0 spiro atoms. The topological polar surface area (TPSA) is 93.9 Å². The molecular formula is C17H30N6O3. The Morgan fingerprint density at radius 2 is 2.04 bits per heavy atom. The molecule has 1 saturated heterocycles. The van der Waals surface area contributed by atoms with Crippen LogP contribution in [0.4, 0.5) is 0 Å². The van der Waals surface area contributed by atoms with Crippen LogP contribution in [0.5, 0.6) is 0 Å². The highest BCUT2D eigenvalue weighted by Gasteiger charge is 2.27. The second kappa shape index (κ2) is 10.1. The highest BCUT2D eigenvalue weighted by atomic mass is 16.5. The smallest absolute Gasteiger partial charge is 0.308 e. The lowest BCUT2D eigenvalue weighted by atomic mass is 9.97. The zero-order valence-electron chi connectivity index (χ0n) is 16.2. The Labute approximate surface area is 154 Å². The molecule has 146 valence electrons. The zero-order chi connectivity index (χ0) is 18.9. The molecule has 0 aromatic carbocycles. The Kier molecular flexibility index (Phi) is 7.83. The van der Waals surface area contributed by atoms with Crippen LogP contribution < -0.4 is 5.32 Å². The van der Waals surface area contributed by atoms with Gasteiger partial charge in [0, 0.05) is 40.4 Å². The van der Waals surface area contributed by atoms with Crippen molar-refractivity contribution in [3.8, 4) is 0 Å². The number of ether oxygens (including phenoxy) is 2. The van der Waals surface area contributed by atoms with E-state index >= 15 is 0 Å². The lowest BCUT2D eigenvalue weighted by molar-refractivity contribution is -0.146. The molecule has 2 heterocycles. The first kappa shape index (κ1) is 20.2. The number of hydrogen-bond donors (Lipinski definition) is 1. The number of nitrogens with zero attached hydrogens (tertiary/aromatic N) is 5. The number of aromatic nitrogens is 3. The molecule has 1 aromatic rings. The van der Waals surface area contributed by atoms with Gasteiger partial charge in [0.15, 0.2) is 11.8 Å². The molecule has 9 nitrogen and oxygen atoms in total. The van der Waals surface area contributed by atoms with Gasteiger partial charge >= 0.3 is 5.97 Å². The summed E-state index contributed by atoms with van der Waals surface area (Å²) in [6, 6.07) is 0. The first-order valence-corrected chi connectivity index (χ1v) is 9.01. The minimum absolute atomic E-state index is 0.0209. The molecule has 1 N–H and O–H groups in total. The van der Waals surface area contributed by atoms with Crippen LogP contribution in [0.25, 0.3) is 0 Å². The molecule has 1 aliphatic heterocycles. The number of esters is 1. The molecule has 1 aliphatic rings. The molecule has 0 amide bonds. The second-order valence-corrected chi connectivity index (χ2v) is 6.42. The van der Waals surface area contributed by atoms with E-state index in [1.54, 1.807) is 7.11 Å². The molecule has 26 heavy (non-hydrogen) atoms. The van der Waals surface area contributed by atoms with Crippen LogP contribution in [0.1, 0.15) is 30.9 Å². The number of methoxy groups -OCH3 is 2. The number of nitrogens with one attached hydrogen (secondary N) is 1. The minimum atomic E-state index is -0.120. The number of carbonyl (C=O) groups is 1. The van der Waals surface area contributed by atoms with Crippen molar-refractivity contribution in [3.05, 3.63) is 11.6 Å². The van der Waals surface area contributed by atoms with Gasteiger partial charge in [-0.05, 0) is 26.2 Å². The maximum absolute atomic E-state index is 11.7. The number of carbonyl (C=O) groups excluding carboxylic acids is 1. The van der Waals surface area contributed by atoms with Crippen LogP contribution in [-0.2, 0) is 27.9 Å². The van der Waals surface area contributed by atoms with Crippen molar-refractivity contribution in [2.75, 3.05) is 40.5 Å². The van der Waals surface area contributed by atoms with Gasteiger partial charge in [-0.1, -0.05) is 0 Å². The summed E-state index contributed by atoms with van der Waals surface area (Å²) < 4.78 is 11.9. The summed E-state index contributed by atoms with van der Waals surface area (Å²) >= 11 is 0. The van der Waals surface area contributed by atoms with E-state index in [0.29, 0.717) is 13.2 Å². The number of rotatable bonds is 7. The van der Waals surface area contributed by atoms with Crippen molar-refractivity contribution < 1.29 is 14.3 Å². The van der Waals surface area contributed by atoms with Crippen molar-refractivity contribution in [1.29, 1.82) is 0 Å². The average Bonchev–Trinajstić information content (AvgIpc) is 2.99. The largest absolute Gasteiger partial charge is 0.469 e. The Hall–Kier alpha value is -2.16. The first-order chi connectivity index (χ1) is 12.6. The molecule has 1 fully saturated rings. The Morgan fingerprint density at radius 1 is 1.31 bits per heavy atom. The van der Waals surface area contributed by atoms with E-state index in [2.05, 4.69) is 20.4 Å². The van der Waals surface area contributed by atoms with Gasteiger partial charge < -0.3 is 24.3 Å². The van der Waals surface area contributed by atoms with E-state index in [4.69, 9.17) is 14.5 Å². The third-order valence-corrected chi connectivity index (χ3v) is 4.69. The highest BCUT2D eigenvalue weighted by molar-refractivity contribution is 5.80. The normalized spacial score (nSPS) is 16.0. The number of aryl methyl sites for hydroxylation is 1. The first-order valence-electron chi connectivity index (χ1n) is 9.01. The second-order valence-electron chi connectivity index (χ2n) is 6.42. The summed E-state index contributed by atoms with van der Waals surface area (Å²) in [5.41, 5.74) is 0. The van der Waals surface area contributed by atoms with E-state index in [0.717, 1.165) is 56.5 Å². The lowest BCUT2D eigenvalue weighted by Gasteiger charge is -2.33. The van der Waals surface area contributed by atoms with Crippen LogP contribution in [0, 0.1) is 12.8 Å². The van der Waals surface area contributed by atoms with Gasteiger partial charge in [-0.2, -0.15) is 0 Å². The molecule has 0 saturated carbocycles. The van der Waals surface area contributed by atoms with Gasteiger partial charge in [-0.15, -0.1) is 10.2 Å². The Bertz CT molecular complexity index is 608. The lowest BCUT2D eigenvalue weighted by Crippen LogP contribution is -2.47. The van der Waals surface area contributed by atoms with Gasteiger partial charge in [0.1, 0.15) is 12.4 Å². The standard InChI is InChI=1S/C17H30N6O3/c1-13-20-21-15(22(13)2)12-19-17(18-8-5-11-25-3)23-9-6-14(7-10-23)16(24)26-4/h14H,5-12H2,1-4H3,(H,18,19). The number of aliphatic imine (C=N–C) groups is 1. The van der Waals surface area contributed by atoms with Gasteiger partial charge in [-0.3, -0.25) is 4.79 Å². The molecule has 9 heteroatoms. The van der Waals surface area contributed by atoms with Crippen molar-refractivity contribution in [3.63, 3.8) is 0 Å². The van der Waals surface area contributed by atoms with E-state index < -0.39 is 0 Å². The van der Waals surface area contributed by atoms with Crippen molar-refractivity contribution in [2.24, 2.45) is 18.0 Å². The molecule has 2 rings (SSSR count). The molecule has 0 unspecified atom stereocenters. The average molecular weight is 366 g/mol. The summed E-state index contributed by atoms with van der Waals surface area (Å²) in [6.07, 6.45) is 2.44. The summed E-state index contributed by atoms with van der Waals surface area (Å²) in [7, 11) is 5.08. The van der Waals surface area contributed by atoms with E-state index in [-0.39, 0.29) is 11.9 Å². The third kappa shape index (κ3) is 5.42. The number of piperidine rings is 1. The van der Waals surface area contributed by atoms with Crippen molar-refractivity contribution in [1.82, 2.24) is 25.0 Å². The Morgan fingerprint density at radius 3 is 2.62 bits per heavy atom. The van der Waals surface area contributed by atoms with E-state index in [1.165, 1.54) is 7.11 Å². The van der Waals surface area contributed by atoms with Crippen molar-refractivity contribution >= 4 is 11.9 Å². The molecule has 0 bridgehead atoms. The number of hydrogen-bond acceptors (Lipinski definition) is 6. The van der Waals surface area contributed by atoms with Gasteiger partial charge in [0.25, 0.3) is 0 Å². The summed E-state index contributed by atoms with van der Waals surface area (Å²) in [5, 5.41) is 11.6. The SMILES string of the molecule is COCCCNC(=NCc1nnc(C)n1C)N1CCC(C(=O)OC)CC1. The van der Waals surface area contributed by atoms with E-state index in [1.807, 2.05) is 18.5 Å². The molecular weight excluding hydrogens is 336 g/mol. The molecule has 0 atom stereocenters. The fraction of sp³-hybridized carbons (Fsp3) is 0.765. The minimum Gasteiger partial charge on any atom is -0.469 e. The van der Waals surface area contributed by atoms with E-state index in [9.17, 15) is 4.79 Å². The maximum atomic E-state index is 11.7. The summed E-state index contributed by atoms with van der Waals surface area (Å²) in [5.74, 6) is 2.38. The van der Waals surface area contributed by atoms with Gasteiger partial charge in [0.2, 0.25) is 0 Å². The fourth-order valence-electron chi connectivity index (χ4n) is 2.91. The zero-order valence-corrected chi connectivity index (χ0v) is 16.2. The molecule has 0 radical (unpaired) electrons. The summed E-state index contributed by atoms with van der Waals surface area (Å²) in [6.45, 7) is 5.40. The predicted octanol–water partition coefficient (Wildman–Crippen LogP) is 0.491. The van der Waals surface area contributed by atoms with Crippen LogP contribution in [-0.4, -0.2) is 72.1 Å². The van der Waals surface area contributed by atoms with Crippen LogP contribution in [0.3, 0.4) is 0 Å². The monoisotopic (exact) mass is 366 g/mol. The van der Waals surface area contributed by atoms with Crippen LogP contribution in [0.15, 0.2) is 4.99 Å². The highest BCUT2D eigenvalue weighted by Crippen LogP contribution is 2.18. The van der Waals surface area contributed by atoms with Crippen molar-refractivity contribution in [2.45, 2.75) is 32.7 Å². The quantitative estimate of drug-likeness (QED) is 0.325. The molecule has 1 aromatic heterocycles. The number of guanidine groups is 1. The van der Waals surface area contributed by atoms with Gasteiger partial charge in [-0.25, -0.2) is 4.99 Å². The Balaban J connectivity index is 2.00. The fourth-order valence-corrected chi connectivity index (χ4v) is 2.91. The predicted molar refractivity (Wildman–Crippen MR) is 97.7 cm³/mol. The molecule has 0 aliphatic carbocycles. The van der Waals surface area contributed by atoms with Crippen LogP contribution in [0.2, 0.25) is 0 Å². The summed E-state index contributed by atoms with van der Waals surface area (Å²) in [4.78, 5) is 18.6. The van der Waals surface area contributed by atoms with Gasteiger partial charge in [0.05, 0.1) is 13.0 Å². The maximum Gasteiger partial charge on any atom is 0.308 e. The number of likely N-dealkylation sites (tertiary alicyclic amines) is 1.